The molecule has 8 heteroatoms. The number of aryl methyl sites for hydroxylation is 1. The number of halogens is 1. The highest BCUT2D eigenvalue weighted by Crippen LogP contribution is 2.26. The Morgan fingerprint density at radius 2 is 2.12 bits per heavy atom. The van der Waals surface area contributed by atoms with Gasteiger partial charge < -0.3 is 10.1 Å². The summed E-state index contributed by atoms with van der Waals surface area (Å²) in [5, 5.41) is 13.5. The summed E-state index contributed by atoms with van der Waals surface area (Å²) in [6, 6.07) is 10.3. The molecule has 1 aromatic carbocycles. The van der Waals surface area contributed by atoms with Crippen LogP contribution in [0, 0.1) is 6.92 Å². The van der Waals surface area contributed by atoms with Gasteiger partial charge in [0.25, 0.3) is 5.88 Å². The SMILES string of the molecule is Cc1nonc1OCCNC(=O)[C@H]1CC[C@H](c2ccccc2)N1.Cl. The molecule has 0 aliphatic carbocycles. The zero-order chi connectivity index (χ0) is 16.1. The van der Waals surface area contributed by atoms with E-state index in [1.165, 1.54) is 5.56 Å². The Kier molecular flexibility index (Phi) is 6.57. The van der Waals surface area contributed by atoms with Gasteiger partial charge in [0.2, 0.25) is 5.91 Å². The fourth-order valence-electron chi connectivity index (χ4n) is 2.70. The summed E-state index contributed by atoms with van der Waals surface area (Å²) in [5.74, 6) is 0.365. The van der Waals surface area contributed by atoms with E-state index in [-0.39, 0.29) is 30.4 Å². The molecule has 2 heterocycles. The molecule has 1 amide bonds. The minimum Gasteiger partial charge on any atom is -0.472 e. The van der Waals surface area contributed by atoms with Crippen LogP contribution < -0.4 is 15.4 Å². The summed E-state index contributed by atoms with van der Waals surface area (Å²) < 4.78 is 9.91. The highest BCUT2D eigenvalue weighted by Gasteiger charge is 2.29. The lowest BCUT2D eigenvalue weighted by atomic mass is 10.1. The van der Waals surface area contributed by atoms with Gasteiger partial charge >= 0.3 is 0 Å². The van der Waals surface area contributed by atoms with Crippen LogP contribution in [0.3, 0.4) is 0 Å². The molecular formula is C16H21ClN4O3. The second-order valence-corrected chi connectivity index (χ2v) is 5.55. The van der Waals surface area contributed by atoms with Crippen molar-refractivity contribution >= 4 is 18.3 Å². The second-order valence-electron chi connectivity index (χ2n) is 5.55. The van der Waals surface area contributed by atoms with Crippen molar-refractivity contribution < 1.29 is 14.2 Å². The van der Waals surface area contributed by atoms with Crippen molar-refractivity contribution in [1.82, 2.24) is 20.9 Å². The molecule has 1 aliphatic rings. The van der Waals surface area contributed by atoms with Gasteiger partial charge in [0, 0.05) is 6.04 Å². The van der Waals surface area contributed by atoms with Crippen molar-refractivity contribution in [3.8, 4) is 5.88 Å². The van der Waals surface area contributed by atoms with Crippen LogP contribution >= 0.6 is 12.4 Å². The van der Waals surface area contributed by atoms with Crippen molar-refractivity contribution in [1.29, 1.82) is 0 Å². The number of carbonyl (C=O) groups excluding carboxylic acids is 1. The predicted octanol–water partition coefficient (Wildman–Crippen LogP) is 1.79. The standard InChI is InChI=1S/C16H20N4O3.ClH/c1-11-16(20-23-19-11)22-10-9-17-15(21)14-8-7-13(18-14)12-5-3-2-4-6-12;/h2-6,13-14,18H,7-10H2,1H3,(H,17,21);1H/t13-,14-;/m1./s1. The first-order valence-electron chi connectivity index (χ1n) is 7.74. The quantitative estimate of drug-likeness (QED) is 0.770. The Hall–Kier alpha value is -2.12. The molecule has 1 aromatic heterocycles. The summed E-state index contributed by atoms with van der Waals surface area (Å²) in [5.41, 5.74) is 1.82. The minimum atomic E-state index is -0.157. The average molecular weight is 353 g/mol. The van der Waals surface area contributed by atoms with Crippen LogP contribution in [0.4, 0.5) is 0 Å². The predicted molar refractivity (Wildman–Crippen MR) is 90.1 cm³/mol. The lowest BCUT2D eigenvalue weighted by Crippen LogP contribution is -2.42. The van der Waals surface area contributed by atoms with Crippen molar-refractivity contribution in [2.75, 3.05) is 13.2 Å². The monoisotopic (exact) mass is 352 g/mol. The first kappa shape index (κ1) is 18.2. The van der Waals surface area contributed by atoms with Gasteiger partial charge in [-0.25, -0.2) is 4.63 Å². The zero-order valence-corrected chi connectivity index (χ0v) is 14.2. The van der Waals surface area contributed by atoms with E-state index < -0.39 is 0 Å². The molecule has 7 nitrogen and oxygen atoms in total. The molecular weight excluding hydrogens is 332 g/mol. The number of amides is 1. The summed E-state index contributed by atoms with van der Waals surface area (Å²) in [6.07, 6.45) is 1.79. The summed E-state index contributed by atoms with van der Waals surface area (Å²) >= 11 is 0. The van der Waals surface area contributed by atoms with E-state index in [2.05, 4.69) is 37.7 Å². The van der Waals surface area contributed by atoms with Crippen LogP contribution in [0.2, 0.25) is 0 Å². The Bertz CT molecular complexity index is 650. The van der Waals surface area contributed by atoms with E-state index >= 15 is 0 Å². The van der Waals surface area contributed by atoms with Crippen molar-refractivity contribution in [3.05, 3.63) is 41.6 Å². The molecule has 0 radical (unpaired) electrons. The van der Waals surface area contributed by atoms with Crippen molar-refractivity contribution in [2.24, 2.45) is 0 Å². The number of rotatable bonds is 6. The molecule has 1 saturated heterocycles. The fourth-order valence-corrected chi connectivity index (χ4v) is 2.70. The van der Waals surface area contributed by atoms with Gasteiger partial charge in [0.1, 0.15) is 12.3 Å². The molecule has 0 saturated carbocycles. The fraction of sp³-hybridized carbons (Fsp3) is 0.438. The molecule has 3 rings (SSSR count). The average Bonchev–Trinajstić information content (AvgIpc) is 3.22. The summed E-state index contributed by atoms with van der Waals surface area (Å²) in [6.45, 7) is 2.49. The first-order valence-corrected chi connectivity index (χ1v) is 7.74. The Morgan fingerprint density at radius 3 is 2.83 bits per heavy atom. The van der Waals surface area contributed by atoms with Gasteiger partial charge in [-0.15, -0.1) is 12.4 Å². The Morgan fingerprint density at radius 1 is 1.33 bits per heavy atom. The maximum atomic E-state index is 12.2. The maximum absolute atomic E-state index is 12.2. The summed E-state index contributed by atoms with van der Waals surface area (Å²) in [4.78, 5) is 12.2. The topological polar surface area (TPSA) is 89.3 Å². The Balaban J connectivity index is 0.00000208. The smallest absolute Gasteiger partial charge is 0.278 e. The van der Waals surface area contributed by atoms with Crippen molar-refractivity contribution in [2.45, 2.75) is 31.8 Å². The van der Waals surface area contributed by atoms with E-state index in [4.69, 9.17) is 4.74 Å². The normalized spacial score (nSPS) is 19.5. The molecule has 24 heavy (non-hydrogen) atoms. The molecule has 2 aromatic rings. The van der Waals surface area contributed by atoms with E-state index in [9.17, 15) is 4.79 Å². The van der Waals surface area contributed by atoms with Gasteiger partial charge in [0.15, 0.2) is 0 Å². The molecule has 2 N–H and O–H groups in total. The molecule has 1 aliphatic heterocycles. The lowest BCUT2D eigenvalue weighted by Gasteiger charge is -2.14. The number of nitrogens with one attached hydrogen (secondary N) is 2. The largest absolute Gasteiger partial charge is 0.472 e. The Labute approximate surface area is 146 Å². The number of benzene rings is 1. The second kappa shape index (κ2) is 8.65. The van der Waals surface area contributed by atoms with E-state index in [0.29, 0.717) is 24.7 Å². The summed E-state index contributed by atoms with van der Waals surface area (Å²) in [7, 11) is 0. The molecule has 130 valence electrons. The number of nitrogens with zero attached hydrogens (tertiary/aromatic N) is 2. The molecule has 0 bridgehead atoms. The third kappa shape index (κ3) is 4.46. The van der Waals surface area contributed by atoms with Crippen LogP contribution in [0.1, 0.15) is 30.1 Å². The van der Waals surface area contributed by atoms with E-state index in [1.807, 2.05) is 18.2 Å². The molecule has 1 fully saturated rings. The van der Waals surface area contributed by atoms with Crippen molar-refractivity contribution in [3.63, 3.8) is 0 Å². The van der Waals surface area contributed by atoms with Gasteiger partial charge in [-0.3, -0.25) is 10.1 Å². The number of hydrogen-bond donors (Lipinski definition) is 2. The van der Waals surface area contributed by atoms with Gasteiger partial charge in [-0.1, -0.05) is 35.5 Å². The zero-order valence-electron chi connectivity index (χ0n) is 13.4. The van der Waals surface area contributed by atoms with Crippen LogP contribution in [-0.4, -0.2) is 35.4 Å². The number of hydrogen-bond acceptors (Lipinski definition) is 6. The number of aromatic nitrogens is 2. The van der Waals surface area contributed by atoms with Crippen LogP contribution in [0.15, 0.2) is 35.0 Å². The van der Waals surface area contributed by atoms with Gasteiger partial charge in [-0.2, -0.15) is 0 Å². The molecule has 0 spiro atoms. The first-order chi connectivity index (χ1) is 11.2. The number of carbonyl (C=O) groups is 1. The maximum Gasteiger partial charge on any atom is 0.278 e. The van der Waals surface area contributed by atoms with Gasteiger partial charge in [0.05, 0.1) is 12.6 Å². The molecule has 2 atom stereocenters. The minimum absolute atomic E-state index is 0. The third-order valence-corrected chi connectivity index (χ3v) is 3.92. The third-order valence-electron chi connectivity index (χ3n) is 3.92. The van der Waals surface area contributed by atoms with E-state index in [1.54, 1.807) is 6.92 Å². The van der Waals surface area contributed by atoms with Gasteiger partial charge in [-0.05, 0) is 30.5 Å². The van der Waals surface area contributed by atoms with Crippen LogP contribution in [0.5, 0.6) is 5.88 Å². The lowest BCUT2D eigenvalue weighted by molar-refractivity contribution is -0.122. The highest BCUT2D eigenvalue weighted by molar-refractivity contribution is 5.85. The molecule has 0 unspecified atom stereocenters. The number of ether oxygens (including phenoxy) is 1. The van der Waals surface area contributed by atoms with Crippen LogP contribution in [-0.2, 0) is 4.79 Å². The van der Waals surface area contributed by atoms with Crippen LogP contribution in [0.25, 0.3) is 0 Å². The highest BCUT2D eigenvalue weighted by atomic mass is 35.5. The van der Waals surface area contributed by atoms with E-state index in [0.717, 1.165) is 12.8 Å².